The fraction of sp³-hybridized carbons (Fsp3) is 0.316. The average Bonchev–Trinajstić information content (AvgIpc) is 3.07. The van der Waals surface area contributed by atoms with Crippen LogP contribution in [0, 0.1) is 13.8 Å². The van der Waals surface area contributed by atoms with Crippen LogP contribution >= 0.6 is 0 Å². The van der Waals surface area contributed by atoms with Crippen molar-refractivity contribution in [2.75, 3.05) is 18.4 Å². The van der Waals surface area contributed by atoms with Gasteiger partial charge in [-0.3, -0.25) is 9.59 Å². The van der Waals surface area contributed by atoms with Crippen LogP contribution < -0.4 is 5.32 Å². The maximum atomic E-state index is 12.5. The Labute approximate surface area is 157 Å². The summed E-state index contributed by atoms with van der Waals surface area (Å²) in [6, 6.07) is 8.71. The lowest BCUT2D eigenvalue weighted by Gasteiger charge is -2.18. The van der Waals surface area contributed by atoms with E-state index in [0.717, 1.165) is 11.4 Å². The Morgan fingerprint density at radius 1 is 1.11 bits per heavy atom. The van der Waals surface area contributed by atoms with Gasteiger partial charge in [-0.2, -0.15) is 4.98 Å². The zero-order valence-electron chi connectivity index (χ0n) is 15.9. The molecule has 0 fully saturated rings. The number of carbonyl (C=O) groups is 2. The van der Waals surface area contributed by atoms with Crippen LogP contribution in [0.5, 0.6) is 0 Å². The molecule has 140 valence electrons. The molecule has 0 aliphatic rings. The minimum Gasteiger partial charge on any atom is -0.339 e. The molecule has 0 saturated heterocycles. The van der Waals surface area contributed by atoms with Gasteiger partial charge in [0.25, 0.3) is 17.6 Å². The van der Waals surface area contributed by atoms with Crippen molar-refractivity contribution in [3.05, 3.63) is 53.1 Å². The Bertz CT molecular complexity index is 1010. The first-order chi connectivity index (χ1) is 12.9. The van der Waals surface area contributed by atoms with Crippen LogP contribution in [0.25, 0.3) is 5.78 Å². The summed E-state index contributed by atoms with van der Waals surface area (Å²) in [6.45, 7) is 8.85. The molecule has 8 nitrogen and oxygen atoms in total. The first-order valence-electron chi connectivity index (χ1n) is 8.84. The van der Waals surface area contributed by atoms with E-state index in [4.69, 9.17) is 0 Å². The van der Waals surface area contributed by atoms with Gasteiger partial charge in [-0.05, 0) is 52.0 Å². The topological polar surface area (TPSA) is 92.5 Å². The molecule has 0 aliphatic carbocycles. The molecule has 8 heteroatoms. The smallest absolute Gasteiger partial charge is 0.295 e. The molecule has 0 saturated carbocycles. The molecular formula is C19H22N6O2. The molecule has 0 aliphatic heterocycles. The highest BCUT2D eigenvalue weighted by atomic mass is 16.2. The van der Waals surface area contributed by atoms with E-state index in [0.29, 0.717) is 30.1 Å². The Hall–Kier alpha value is -3.29. The van der Waals surface area contributed by atoms with Gasteiger partial charge in [0.15, 0.2) is 0 Å². The van der Waals surface area contributed by atoms with Crippen LogP contribution in [0.4, 0.5) is 5.69 Å². The lowest BCUT2D eigenvalue weighted by molar-refractivity contribution is 0.0772. The van der Waals surface area contributed by atoms with Gasteiger partial charge in [0.05, 0.1) is 0 Å². The number of rotatable bonds is 5. The van der Waals surface area contributed by atoms with Crippen LogP contribution in [0.15, 0.2) is 30.3 Å². The van der Waals surface area contributed by atoms with Crippen molar-refractivity contribution in [2.24, 2.45) is 0 Å². The predicted molar refractivity (Wildman–Crippen MR) is 102 cm³/mol. The molecule has 3 aromatic rings. The van der Waals surface area contributed by atoms with Crippen molar-refractivity contribution in [3.8, 4) is 0 Å². The maximum absolute atomic E-state index is 12.5. The Morgan fingerprint density at radius 2 is 1.85 bits per heavy atom. The van der Waals surface area contributed by atoms with Crippen molar-refractivity contribution in [2.45, 2.75) is 27.7 Å². The molecule has 1 N–H and O–H groups in total. The van der Waals surface area contributed by atoms with Crippen molar-refractivity contribution in [1.29, 1.82) is 0 Å². The number of fused-ring (bicyclic) bond motifs is 1. The number of nitrogens with zero attached hydrogens (tertiary/aromatic N) is 5. The van der Waals surface area contributed by atoms with E-state index in [1.807, 2.05) is 33.8 Å². The second-order valence-corrected chi connectivity index (χ2v) is 6.20. The average molecular weight is 366 g/mol. The minimum atomic E-state index is -0.454. The van der Waals surface area contributed by atoms with E-state index < -0.39 is 5.91 Å². The standard InChI is InChI=1S/C19H22N6O2/c1-5-24(6-2)18(27)14-8-7-9-15(11-14)21-17(26)16-22-19-20-12(3)10-13(4)25(19)23-16/h7-11H,5-6H2,1-4H3,(H,21,26). The fourth-order valence-electron chi connectivity index (χ4n) is 2.87. The second kappa shape index (κ2) is 7.53. The quantitative estimate of drug-likeness (QED) is 0.749. The van der Waals surface area contributed by atoms with Crippen LogP contribution in [0.1, 0.15) is 46.2 Å². The normalized spacial score (nSPS) is 10.8. The number of amides is 2. The van der Waals surface area contributed by atoms with Gasteiger partial charge in [-0.25, -0.2) is 9.50 Å². The number of nitrogens with one attached hydrogen (secondary N) is 1. The number of carbonyl (C=O) groups excluding carboxylic acids is 2. The monoisotopic (exact) mass is 366 g/mol. The van der Waals surface area contributed by atoms with E-state index in [-0.39, 0.29) is 11.7 Å². The van der Waals surface area contributed by atoms with Crippen molar-refractivity contribution in [1.82, 2.24) is 24.5 Å². The number of aryl methyl sites for hydroxylation is 2. The maximum Gasteiger partial charge on any atom is 0.295 e. The van der Waals surface area contributed by atoms with Gasteiger partial charge in [0.2, 0.25) is 5.82 Å². The summed E-state index contributed by atoms with van der Waals surface area (Å²) in [4.78, 5) is 35.2. The first-order valence-corrected chi connectivity index (χ1v) is 8.84. The van der Waals surface area contributed by atoms with Gasteiger partial charge < -0.3 is 10.2 Å². The molecule has 2 heterocycles. The van der Waals surface area contributed by atoms with Crippen molar-refractivity contribution < 1.29 is 9.59 Å². The van der Waals surface area contributed by atoms with Gasteiger partial charge in [0.1, 0.15) is 0 Å². The largest absolute Gasteiger partial charge is 0.339 e. The van der Waals surface area contributed by atoms with Crippen LogP contribution in [0.2, 0.25) is 0 Å². The Kier molecular flexibility index (Phi) is 5.16. The van der Waals surface area contributed by atoms with Crippen LogP contribution in [0.3, 0.4) is 0 Å². The summed E-state index contributed by atoms with van der Waals surface area (Å²) in [5.41, 5.74) is 2.68. The van der Waals surface area contributed by atoms with Crippen molar-refractivity contribution >= 4 is 23.3 Å². The van der Waals surface area contributed by atoms with Gasteiger partial charge in [0, 0.05) is 35.7 Å². The molecule has 3 rings (SSSR count). The van der Waals surface area contributed by atoms with Gasteiger partial charge in [-0.15, -0.1) is 5.10 Å². The van der Waals surface area contributed by atoms with E-state index in [9.17, 15) is 9.59 Å². The summed E-state index contributed by atoms with van der Waals surface area (Å²) in [5, 5.41) is 6.97. The molecule has 0 atom stereocenters. The van der Waals surface area contributed by atoms with Crippen LogP contribution in [-0.2, 0) is 0 Å². The van der Waals surface area contributed by atoms with E-state index in [1.54, 1.807) is 29.2 Å². The lowest BCUT2D eigenvalue weighted by atomic mass is 10.1. The zero-order chi connectivity index (χ0) is 19.6. The molecule has 0 radical (unpaired) electrons. The molecule has 1 aromatic carbocycles. The molecule has 2 aromatic heterocycles. The Morgan fingerprint density at radius 3 is 2.56 bits per heavy atom. The third-order valence-corrected chi connectivity index (χ3v) is 4.24. The predicted octanol–water partition coefficient (Wildman–Crippen LogP) is 2.48. The summed E-state index contributed by atoms with van der Waals surface area (Å²) in [6.07, 6.45) is 0. The van der Waals surface area contributed by atoms with Gasteiger partial charge >= 0.3 is 0 Å². The van der Waals surface area contributed by atoms with Gasteiger partial charge in [-0.1, -0.05) is 6.07 Å². The molecule has 0 spiro atoms. The van der Waals surface area contributed by atoms with E-state index in [1.165, 1.54) is 4.52 Å². The molecule has 0 unspecified atom stereocenters. The first kappa shape index (κ1) is 18.5. The summed E-state index contributed by atoms with van der Waals surface area (Å²) in [7, 11) is 0. The molecule has 27 heavy (non-hydrogen) atoms. The third kappa shape index (κ3) is 3.79. The zero-order valence-corrected chi connectivity index (χ0v) is 15.9. The number of hydrogen-bond donors (Lipinski definition) is 1. The highest BCUT2D eigenvalue weighted by Crippen LogP contribution is 2.14. The number of benzene rings is 1. The molecular weight excluding hydrogens is 344 g/mol. The highest BCUT2D eigenvalue weighted by molar-refractivity contribution is 6.03. The number of hydrogen-bond acceptors (Lipinski definition) is 5. The minimum absolute atomic E-state index is 0.0247. The lowest BCUT2D eigenvalue weighted by Crippen LogP contribution is -2.30. The SMILES string of the molecule is CCN(CC)C(=O)c1cccc(NC(=O)c2nc3nc(C)cc(C)n3n2)c1. The molecule has 0 bridgehead atoms. The van der Waals surface area contributed by atoms with E-state index >= 15 is 0 Å². The molecule has 2 amide bonds. The fourth-order valence-corrected chi connectivity index (χ4v) is 2.87. The summed E-state index contributed by atoms with van der Waals surface area (Å²) >= 11 is 0. The number of aromatic nitrogens is 4. The Balaban J connectivity index is 1.83. The highest BCUT2D eigenvalue weighted by Gasteiger charge is 2.17. The summed E-state index contributed by atoms with van der Waals surface area (Å²) < 4.78 is 1.53. The van der Waals surface area contributed by atoms with Crippen LogP contribution in [-0.4, -0.2) is 49.4 Å². The third-order valence-electron chi connectivity index (χ3n) is 4.24. The summed E-state index contributed by atoms with van der Waals surface area (Å²) in [5.74, 6) is -0.123. The van der Waals surface area contributed by atoms with E-state index in [2.05, 4.69) is 20.4 Å². The number of anilines is 1. The second-order valence-electron chi connectivity index (χ2n) is 6.20. The van der Waals surface area contributed by atoms with Crippen molar-refractivity contribution in [3.63, 3.8) is 0 Å².